The molecule has 0 bridgehead atoms. The molecule has 0 spiro atoms. The van der Waals surface area contributed by atoms with Gasteiger partial charge in [0.05, 0.1) is 11.3 Å². The first-order valence-electron chi connectivity index (χ1n) is 8.70. The molecular formula is C20H21NO5S. The van der Waals surface area contributed by atoms with Gasteiger partial charge in [0.2, 0.25) is 5.90 Å². The van der Waals surface area contributed by atoms with Gasteiger partial charge in [-0.25, -0.2) is 8.42 Å². The van der Waals surface area contributed by atoms with E-state index in [2.05, 4.69) is 5.16 Å². The van der Waals surface area contributed by atoms with Gasteiger partial charge in [-0.15, -0.1) is 0 Å². The number of nitrogens with zero attached hydrogens (tertiary/aromatic N) is 1. The van der Waals surface area contributed by atoms with Crippen LogP contribution in [0.5, 0.6) is 0 Å². The zero-order valence-corrected chi connectivity index (χ0v) is 16.0. The fourth-order valence-electron chi connectivity index (χ4n) is 2.77. The van der Waals surface area contributed by atoms with E-state index < -0.39 is 9.84 Å². The van der Waals surface area contributed by atoms with Crippen molar-refractivity contribution in [3.63, 3.8) is 0 Å². The highest BCUT2D eigenvalue weighted by Crippen LogP contribution is 2.30. The minimum absolute atomic E-state index is 0.281. The number of oxime groups is 1. The lowest BCUT2D eigenvalue weighted by atomic mass is 10.0. The van der Waals surface area contributed by atoms with E-state index in [1.807, 2.05) is 31.2 Å². The summed E-state index contributed by atoms with van der Waals surface area (Å²) in [5, 5.41) is 3.85. The highest BCUT2D eigenvalue weighted by molar-refractivity contribution is 7.90. The second-order valence-electron chi connectivity index (χ2n) is 6.43. The molecule has 3 rings (SSSR count). The summed E-state index contributed by atoms with van der Waals surface area (Å²) >= 11 is 0. The van der Waals surface area contributed by atoms with Crippen LogP contribution in [0.4, 0.5) is 0 Å². The van der Waals surface area contributed by atoms with E-state index in [1.54, 1.807) is 24.3 Å². The molecule has 2 aromatic carbocycles. The highest BCUT2D eigenvalue weighted by Gasteiger charge is 2.25. The Morgan fingerprint density at radius 1 is 1.11 bits per heavy atom. The van der Waals surface area contributed by atoms with Gasteiger partial charge in [0.1, 0.15) is 0 Å². The second-order valence-corrected chi connectivity index (χ2v) is 8.44. The molecule has 1 unspecified atom stereocenters. The smallest absolute Gasteiger partial charge is 0.312 e. The summed E-state index contributed by atoms with van der Waals surface area (Å²) in [5.41, 5.74) is 2.82. The molecule has 2 aromatic rings. The maximum absolute atomic E-state index is 11.5. The fraction of sp³-hybridized carbons (Fsp3) is 0.300. The van der Waals surface area contributed by atoms with Gasteiger partial charge in [0, 0.05) is 12.7 Å². The Hall–Kier alpha value is -2.67. The monoisotopic (exact) mass is 387 g/mol. The van der Waals surface area contributed by atoms with Gasteiger partial charge in [-0.1, -0.05) is 48.5 Å². The third-order valence-corrected chi connectivity index (χ3v) is 5.35. The third kappa shape index (κ3) is 4.74. The molecule has 0 saturated heterocycles. The van der Waals surface area contributed by atoms with Crippen molar-refractivity contribution in [1.29, 1.82) is 0 Å². The number of carbonyl (C=O) groups excluding carboxylic acids is 1. The van der Waals surface area contributed by atoms with Gasteiger partial charge in [-0.05, 0) is 35.2 Å². The Bertz CT molecular complexity index is 947. The predicted octanol–water partition coefficient (Wildman–Crippen LogP) is 3.88. The number of carbonyl (C=O) groups is 1. The van der Waals surface area contributed by atoms with Gasteiger partial charge in [-0.2, -0.15) is 0 Å². The standard InChI is InChI=1S/C20H21NO5S/c1-3-4-20(22)25-19-13-18(26-21-19)16-7-5-14(6-8-16)15-9-11-17(12-10-15)27(2,23)24/h5-12,18H,3-4,13H2,1-2H3. The van der Waals surface area contributed by atoms with Gasteiger partial charge in [0.15, 0.2) is 15.9 Å². The Balaban J connectivity index is 1.65. The average Bonchev–Trinajstić information content (AvgIpc) is 3.10. The molecule has 0 saturated carbocycles. The maximum atomic E-state index is 11.5. The lowest BCUT2D eigenvalue weighted by molar-refractivity contribution is -0.135. The molecule has 0 N–H and O–H groups in total. The SMILES string of the molecule is CCCC(=O)OC1=NOC(c2ccc(-c3ccc(S(C)(=O)=O)cc3)cc2)C1. The van der Waals surface area contributed by atoms with Crippen LogP contribution >= 0.6 is 0 Å². The van der Waals surface area contributed by atoms with E-state index in [1.165, 1.54) is 6.26 Å². The molecule has 0 fully saturated rings. The van der Waals surface area contributed by atoms with Crippen LogP contribution in [-0.4, -0.2) is 26.5 Å². The number of esters is 1. The summed E-state index contributed by atoms with van der Waals surface area (Å²) in [7, 11) is -3.20. The van der Waals surface area contributed by atoms with Crippen LogP contribution < -0.4 is 0 Å². The van der Waals surface area contributed by atoms with E-state index in [-0.39, 0.29) is 12.1 Å². The topological polar surface area (TPSA) is 82.0 Å². The minimum Gasteiger partial charge on any atom is -0.408 e. The Morgan fingerprint density at radius 2 is 1.70 bits per heavy atom. The van der Waals surface area contributed by atoms with Crippen LogP contribution in [0.2, 0.25) is 0 Å². The molecule has 142 valence electrons. The molecule has 0 amide bonds. The van der Waals surface area contributed by atoms with Crippen LogP contribution in [0.1, 0.15) is 37.9 Å². The average molecular weight is 387 g/mol. The molecule has 1 heterocycles. The summed E-state index contributed by atoms with van der Waals surface area (Å²) in [6.45, 7) is 1.91. The highest BCUT2D eigenvalue weighted by atomic mass is 32.2. The molecule has 27 heavy (non-hydrogen) atoms. The van der Waals surface area contributed by atoms with Gasteiger partial charge in [0.25, 0.3) is 0 Å². The maximum Gasteiger partial charge on any atom is 0.312 e. The Morgan fingerprint density at radius 3 is 2.26 bits per heavy atom. The summed E-state index contributed by atoms with van der Waals surface area (Å²) in [6, 6.07) is 14.5. The van der Waals surface area contributed by atoms with E-state index in [4.69, 9.17) is 9.57 Å². The third-order valence-electron chi connectivity index (χ3n) is 4.23. The summed E-state index contributed by atoms with van der Waals surface area (Å²) in [4.78, 5) is 17.2. The number of hydrogen-bond acceptors (Lipinski definition) is 6. The van der Waals surface area contributed by atoms with Crippen molar-refractivity contribution in [1.82, 2.24) is 0 Å². The first-order valence-corrected chi connectivity index (χ1v) is 10.6. The fourth-order valence-corrected chi connectivity index (χ4v) is 3.40. The second kappa shape index (κ2) is 7.92. The zero-order valence-electron chi connectivity index (χ0n) is 15.2. The van der Waals surface area contributed by atoms with Gasteiger partial charge in [-0.3, -0.25) is 4.79 Å². The van der Waals surface area contributed by atoms with Crippen molar-refractivity contribution >= 4 is 21.7 Å². The van der Waals surface area contributed by atoms with Crippen LogP contribution in [0.25, 0.3) is 11.1 Å². The summed E-state index contributed by atoms with van der Waals surface area (Å²) in [6.07, 6.45) is 2.40. The largest absolute Gasteiger partial charge is 0.408 e. The van der Waals surface area contributed by atoms with Crippen LogP contribution in [0, 0.1) is 0 Å². The van der Waals surface area contributed by atoms with Gasteiger partial charge >= 0.3 is 5.97 Å². The summed E-state index contributed by atoms with van der Waals surface area (Å²) < 4.78 is 28.3. The molecule has 6 nitrogen and oxygen atoms in total. The molecule has 1 aliphatic heterocycles. The van der Waals surface area contributed by atoms with Crippen molar-refractivity contribution in [2.75, 3.05) is 6.26 Å². The van der Waals surface area contributed by atoms with Crippen LogP contribution in [0.3, 0.4) is 0 Å². The van der Waals surface area contributed by atoms with E-state index >= 15 is 0 Å². The quantitative estimate of drug-likeness (QED) is 0.727. The van der Waals surface area contributed by atoms with E-state index in [0.29, 0.717) is 23.6 Å². The zero-order chi connectivity index (χ0) is 19.4. The lowest BCUT2D eigenvalue weighted by Gasteiger charge is -2.09. The molecule has 0 aliphatic carbocycles. The Labute approximate surface area is 158 Å². The molecule has 1 aliphatic rings. The molecule has 7 heteroatoms. The number of rotatable bonds is 5. The van der Waals surface area contributed by atoms with Crippen molar-refractivity contribution in [3.05, 3.63) is 54.1 Å². The van der Waals surface area contributed by atoms with Crippen molar-refractivity contribution in [2.45, 2.75) is 37.2 Å². The summed E-state index contributed by atoms with van der Waals surface area (Å²) in [5.74, 6) is 0.00674. The number of sulfone groups is 1. The first-order chi connectivity index (χ1) is 12.9. The number of hydrogen-bond donors (Lipinski definition) is 0. The normalized spacial score (nSPS) is 16.5. The van der Waals surface area contributed by atoms with Crippen molar-refractivity contribution in [2.24, 2.45) is 5.16 Å². The Kier molecular flexibility index (Phi) is 5.60. The van der Waals surface area contributed by atoms with Crippen LogP contribution in [0.15, 0.2) is 58.6 Å². The molecule has 1 atom stereocenters. The molecular weight excluding hydrogens is 366 g/mol. The number of ether oxygens (including phenoxy) is 1. The van der Waals surface area contributed by atoms with E-state index in [0.717, 1.165) is 23.1 Å². The predicted molar refractivity (Wildman–Crippen MR) is 102 cm³/mol. The van der Waals surface area contributed by atoms with Crippen LogP contribution in [-0.2, 0) is 24.2 Å². The van der Waals surface area contributed by atoms with Crippen molar-refractivity contribution in [3.8, 4) is 11.1 Å². The van der Waals surface area contributed by atoms with E-state index in [9.17, 15) is 13.2 Å². The minimum atomic E-state index is -3.20. The molecule has 0 radical (unpaired) electrons. The van der Waals surface area contributed by atoms with Gasteiger partial charge < -0.3 is 9.57 Å². The molecule has 0 aromatic heterocycles. The first kappa shape index (κ1) is 19.1. The van der Waals surface area contributed by atoms with Crippen molar-refractivity contribution < 1.29 is 22.8 Å². The lowest BCUT2D eigenvalue weighted by Crippen LogP contribution is -2.11. The number of benzene rings is 2.